The Balaban J connectivity index is 1.34. The van der Waals surface area contributed by atoms with Crippen molar-refractivity contribution in [3.63, 3.8) is 0 Å². The van der Waals surface area contributed by atoms with E-state index in [1.165, 1.54) is 51.0 Å². The second-order valence-electron chi connectivity index (χ2n) is 9.65. The number of nitrogens with zero attached hydrogens (tertiary/aromatic N) is 3. The number of amides is 1. The Morgan fingerprint density at radius 3 is 2.50 bits per heavy atom. The topological polar surface area (TPSA) is 48.5 Å². The first-order valence-electron chi connectivity index (χ1n) is 12.2. The molecule has 1 amide bonds. The Bertz CT molecular complexity index is 965. The lowest BCUT2D eigenvalue weighted by molar-refractivity contribution is -0.137. The molecule has 4 rings (SSSR count). The van der Waals surface area contributed by atoms with E-state index in [9.17, 15) is 18.0 Å². The van der Waals surface area contributed by atoms with Crippen LogP contribution < -0.4 is 10.2 Å². The van der Waals surface area contributed by atoms with Crippen LogP contribution in [0.3, 0.4) is 0 Å². The quantitative estimate of drug-likeness (QED) is 0.584. The molecule has 184 valence electrons. The lowest BCUT2D eigenvalue weighted by atomic mass is 9.92. The summed E-state index contributed by atoms with van der Waals surface area (Å²) in [4.78, 5) is 21.9. The number of anilines is 2. The number of alkyl halides is 3. The zero-order valence-corrected chi connectivity index (χ0v) is 19.7. The van der Waals surface area contributed by atoms with Gasteiger partial charge in [0.05, 0.1) is 11.3 Å². The van der Waals surface area contributed by atoms with Crippen molar-refractivity contribution in [2.75, 3.05) is 42.9 Å². The zero-order valence-electron chi connectivity index (χ0n) is 19.7. The summed E-state index contributed by atoms with van der Waals surface area (Å²) in [6, 6.07) is 7.93. The summed E-state index contributed by atoms with van der Waals surface area (Å²) in [6.45, 7) is 7.63. The number of benzene rings is 1. The molecular weight excluding hydrogens is 441 g/mol. The van der Waals surface area contributed by atoms with E-state index >= 15 is 0 Å². The molecule has 2 aromatic rings. The van der Waals surface area contributed by atoms with Crippen LogP contribution in [-0.4, -0.2) is 48.5 Å². The Kier molecular flexibility index (Phi) is 7.76. The number of carbonyl (C=O) groups excluding carboxylic acids is 1. The van der Waals surface area contributed by atoms with Gasteiger partial charge in [-0.3, -0.25) is 4.79 Å². The van der Waals surface area contributed by atoms with E-state index in [-0.39, 0.29) is 5.56 Å². The van der Waals surface area contributed by atoms with Gasteiger partial charge in [-0.25, -0.2) is 4.98 Å². The van der Waals surface area contributed by atoms with Crippen molar-refractivity contribution in [2.24, 2.45) is 11.8 Å². The molecule has 0 aliphatic carbocycles. The minimum Gasteiger partial charge on any atom is -0.355 e. The van der Waals surface area contributed by atoms with Crippen LogP contribution >= 0.6 is 0 Å². The third kappa shape index (κ3) is 6.29. The lowest BCUT2D eigenvalue weighted by Crippen LogP contribution is -2.38. The Hall–Kier alpha value is -2.61. The number of carbonyl (C=O) groups is 1. The highest BCUT2D eigenvalue weighted by atomic mass is 19.4. The maximum Gasteiger partial charge on any atom is 0.416 e. The van der Waals surface area contributed by atoms with Crippen LogP contribution in [0.4, 0.5) is 24.7 Å². The lowest BCUT2D eigenvalue weighted by Gasteiger charge is -2.35. The molecular formula is C26H33F3N4O. The van der Waals surface area contributed by atoms with Crippen LogP contribution in [0.5, 0.6) is 0 Å². The van der Waals surface area contributed by atoms with Gasteiger partial charge in [0, 0.05) is 24.8 Å². The molecule has 0 unspecified atom stereocenters. The van der Waals surface area contributed by atoms with Gasteiger partial charge in [0.1, 0.15) is 0 Å². The van der Waals surface area contributed by atoms with Crippen LogP contribution in [0, 0.1) is 11.8 Å². The summed E-state index contributed by atoms with van der Waals surface area (Å²) in [5.74, 6) is 1.63. The molecule has 0 radical (unpaired) electrons. The van der Waals surface area contributed by atoms with Gasteiger partial charge in [-0.05, 0) is 93.9 Å². The second-order valence-corrected chi connectivity index (χ2v) is 9.65. The highest BCUT2D eigenvalue weighted by Gasteiger charge is 2.31. The average Bonchev–Trinajstić information content (AvgIpc) is 2.84. The number of hydrogen-bond acceptors (Lipinski definition) is 4. The standard InChI is InChI=1S/C26H33F3N4O/c1-19-7-13-32(14-8-19)15-9-20-10-16-33(17-11-20)24-23(6-3-12-30-24)31-25(34)21-4-2-5-22(18-21)26(27,28)29/h2-6,12,18-20H,7-11,13-17H2,1H3,(H,31,34). The normalized spacial score (nSPS) is 18.8. The van der Waals surface area contributed by atoms with Gasteiger partial charge in [-0.2, -0.15) is 13.2 Å². The Labute approximate surface area is 199 Å². The maximum absolute atomic E-state index is 13.0. The summed E-state index contributed by atoms with van der Waals surface area (Å²) in [5.41, 5.74) is -0.353. The van der Waals surface area contributed by atoms with Crippen LogP contribution in [0.15, 0.2) is 42.6 Å². The van der Waals surface area contributed by atoms with Crippen molar-refractivity contribution in [3.8, 4) is 0 Å². The van der Waals surface area contributed by atoms with Gasteiger partial charge in [-0.1, -0.05) is 13.0 Å². The van der Waals surface area contributed by atoms with Crippen LogP contribution in [-0.2, 0) is 6.18 Å². The van der Waals surface area contributed by atoms with Gasteiger partial charge >= 0.3 is 6.18 Å². The molecule has 2 aliphatic heterocycles. The summed E-state index contributed by atoms with van der Waals surface area (Å²) in [6.07, 6.45) is 3.14. The molecule has 1 N–H and O–H groups in total. The zero-order chi connectivity index (χ0) is 24.1. The molecule has 2 fully saturated rings. The van der Waals surface area contributed by atoms with Crippen LogP contribution in [0.25, 0.3) is 0 Å². The van der Waals surface area contributed by atoms with Gasteiger partial charge in [0.15, 0.2) is 5.82 Å². The number of hydrogen-bond donors (Lipinski definition) is 1. The first-order chi connectivity index (χ1) is 16.3. The summed E-state index contributed by atoms with van der Waals surface area (Å²) < 4.78 is 39.1. The van der Waals surface area contributed by atoms with Crippen molar-refractivity contribution in [2.45, 2.75) is 45.2 Å². The van der Waals surface area contributed by atoms with Crippen LogP contribution in [0.2, 0.25) is 0 Å². The van der Waals surface area contributed by atoms with E-state index in [4.69, 9.17) is 0 Å². The fraction of sp³-hybridized carbons (Fsp3) is 0.538. The highest BCUT2D eigenvalue weighted by molar-refractivity contribution is 6.05. The highest BCUT2D eigenvalue weighted by Crippen LogP contribution is 2.31. The van der Waals surface area contributed by atoms with E-state index in [1.54, 1.807) is 18.3 Å². The van der Waals surface area contributed by atoms with Gasteiger partial charge in [0.25, 0.3) is 5.91 Å². The number of likely N-dealkylation sites (tertiary alicyclic amines) is 1. The SMILES string of the molecule is CC1CCN(CCC2CCN(c3ncccc3NC(=O)c3cccc(C(F)(F)F)c3)CC2)CC1. The predicted molar refractivity (Wildman–Crippen MR) is 128 cm³/mol. The molecule has 0 atom stereocenters. The largest absolute Gasteiger partial charge is 0.416 e. The molecule has 1 aromatic heterocycles. The molecule has 2 aliphatic rings. The first-order valence-corrected chi connectivity index (χ1v) is 12.2. The van der Waals surface area contributed by atoms with E-state index in [1.807, 2.05) is 0 Å². The molecule has 2 saturated heterocycles. The van der Waals surface area contributed by atoms with E-state index in [2.05, 4.69) is 27.0 Å². The minimum absolute atomic E-state index is 0.0320. The van der Waals surface area contributed by atoms with Crippen molar-refractivity contribution in [1.29, 1.82) is 0 Å². The van der Waals surface area contributed by atoms with Crippen molar-refractivity contribution < 1.29 is 18.0 Å². The molecule has 8 heteroatoms. The minimum atomic E-state index is -4.49. The van der Waals surface area contributed by atoms with E-state index < -0.39 is 17.6 Å². The predicted octanol–water partition coefficient (Wildman–Crippen LogP) is 5.69. The number of pyridine rings is 1. The van der Waals surface area contributed by atoms with Gasteiger partial charge in [-0.15, -0.1) is 0 Å². The number of halogens is 3. The monoisotopic (exact) mass is 474 g/mol. The summed E-state index contributed by atoms with van der Waals surface area (Å²) in [5, 5.41) is 2.77. The molecule has 0 spiro atoms. The Morgan fingerprint density at radius 2 is 1.79 bits per heavy atom. The average molecular weight is 475 g/mol. The van der Waals surface area contributed by atoms with E-state index in [0.29, 0.717) is 17.4 Å². The molecule has 3 heterocycles. The Morgan fingerprint density at radius 1 is 1.06 bits per heavy atom. The fourth-order valence-corrected chi connectivity index (χ4v) is 4.86. The molecule has 0 bridgehead atoms. The van der Waals surface area contributed by atoms with Crippen molar-refractivity contribution in [3.05, 3.63) is 53.7 Å². The summed E-state index contributed by atoms with van der Waals surface area (Å²) in [7, 11) is 0. The second kappa shape index (κ2) is 10.8. The molecule has 34 heavy (non-hydrogen) atoms. The molecule has 5 nitrogen and oxygen atoms in total. The number of nitrogens with one attached hydrogen (secondary N) is 1. The number of rotatable bonds is 6. The maximum atomic E-state index is 13.0. The molecule has 1 aromatic carbocycles. The van der Waals surface area contributed by atoms with Crippen molar-refractivity contribution in [1.82, 2.24) is 9.88 Å². The van der Waals surface area contributed by atoms with Gasteiger partial charge < -0.3 is 15.1 Å². The fourth-order valence-electron chi connectivity index (χ4n) is 4.86. The smallest absolute Gasteiger partial charge is 0.355 e. The first kappa shape index (κ1) is 24.5. The third-order valence-corrected chi connectivity index (χ3v) is 7.13. The number of aromatic nitrogens is 1. The van der Waals surface area contributed by atoms with Gasteiger partial charge in [0.2, 0.25) is 0 Å². The van der Waals surface area contributed by atoms with Crippen LogP contribution in [0.1, 0.15) is 54.9 Å². The number of piperidine rings is 2. The van der Waals surface area contributed by atoms with E-state index in [0.717, 1.165) is 44.0 Å². The summed E-state index contributed by atoms with van der Waals surface area (Å²) >= 11 is 0. The van der Waals surface area contributed by atoms with Crippen molar-refractivity contribution >= 4 is 17.4 Å². The third-order valence-electron chi connectivity index (χ3n) is 7.13. The molecule has 0 saturated carbocycles.